The van der Waals surface area contributed by atoms with Gasteiger partial charge in [-0.15, -0.1) is 4.36 Å². The molecule has 2 aliphatic heterocycles. The molecule has 9 N–H and O–H groups in total. The summed E-state index contributed by atoms with van der Waals surface area (Å²) < 4.78 is 17.3. The van der Waals surface area contributed by atoms with Gasteiger partial charge in [0.25, 0.3) is 0 Å². The molecule has 0 saturated carbocycles. The zero-order valence-corrected chi connectivity index (χ0v) is 31.3. The monoisotopic (exact) mass is 764 g/mol. The smallest absolute Gasteiger partial charge is 0.354 e. The van der Waals surface area contributed by atoms with Crippen LogP contribution < -0.4 is 37.6 Å². The van der Waals surface area contributed by atoms with Crippen molar-refractivity contribution in [2.24, 2.45) is 25.4 Å². The first-order valence-corrected chi connectivity index (χ1v) is 20.9. The minimum atomic E-state index is -3.61. The third-order valence-electron chi connectivity index (χ3n) is 10.0. The highest BCUT2D eigenvalue weighted by molar-refractivity contribution is 8.00. The van der Waals surface area contributed by atoms with Crippen LogP contribution >= 0.6 is 11.8 Å². The number of urea groups is 2. The van der Waals surface area contributed by atoms with E-state index in [-0.39, 0.29) is 47.7 Å². The van der Waals surface area contributed by atoms with Crippen molar-refractivity contribution < 1.29 is 23.4 Å². The predicted molar refractivity (Wildman–Crippen MR) is 209 cm³/mol. The molecule has 0 bridgehead atoms. The van der Waals surface area contributed by atoms with E-state index in [9.17, 15) is 23.4 Å². The largest absolute Gasteiger partial charge is 0.356 e. The Kier molecular flexibility index (Phi) is 12.7. The summed E-state index contributed by atoms with van der Waals surface area (Å²) in [5.74, 6) is 6.08. The molecular weight excluding hydrogens is 717 g/mol. The van der Waals surface area contributed by atoms with Crippen LogP contribution in [0.4, 0.5) is 21.0 Å². The Hall–Kier alpha value is -4.48. The van der Waals surface area contributed by atoms with Crippen molar-refractivity contribution in [1.82, 2.24) is 16.0 Å². The summed E-state index contributed by atoms with van der Waals surface area (Å²) >= 11 is 1.84. The van der Waals surface area contributed by atoms with Gasteiger partial charge in [-0.2, -0.15) is 16.9 Å². The molecule has 2 aliphatic carbocycles. The molecule has 284 valence electrons. The number of anilines is 2. The minimum absolute atomic E-state index is 0.00939. The van der Waals surface area contributed by atoms with Crippen molar-refractivity contribution in [2.75, 3.05) is 29.5 Å². The average molecular weight is 765 g/mol. The van der Waals surface area contributed by atoms with E-state index >= 15 is 0 Å². The fourth-order valence-corrected chi connectivity index (χ4v) is 9.93. The molecule has 2 saturated heterocycles. The van der Waals surface area contributed by atoms with Crippen LogP contribution in [0.25, 0.3) is 0 Å². The first-order chi connectivity index (χ1) is 25.6. The second-order valence-electron chi connectivity index (χ2n) is 13.8. The number of benzene rings is 2. The van der Waals surface area contributed by atoms with Crippen molar-refractivity contribution >= 4 is 68.9 Å². The number of amides is 6. The number of hydrazone groups is 1. The predicted octanol–water partition coefficient (Wildman–Crippen LogP) is 3.54. The van der Waals surface area contributed by atoms with Crippen LogP contribution in [0.2, 0.25) is 0 Å². The summed E-state index contributed by atoms with van der Waals surface area (Å²) in [7, 11) is -3.61. The Morgan fingerprint density at radius 1 is 0.962 bits per heavy atom. The highest BCUT2D eigenvalue weighted by atomic mass is 32.2. The van der Waals surface area contributed by atoms with Gasteiger partial charge >= 0.3 is 12.1 Å². The van der Waals surface area contributed by atoms with E-state index in [0.29, 0.717) is 42.6 Å². The second kappa shape index (κ2) is 17.6. The van der Waals surface area contributed by atoms with Gasteiger partial charge in [-0.05, 0) is 98.2 Å². The second-order valence-corrected chi connectivity index (χ2v) is 16.8. The van der Waals surface area contributed by atoms with E-state index in [0.717, 1.165) is 73.9 Å². The number of fused-ring (bicyclic) bond motifs is 3. The molecule has 0 aromatic heterocycles. The van der Waals surface area contributed by atoms with Crippen LogP contribution in [0.5, 0.6) is 0 Å². The SMILES string of the molecule is N/N=C(\C=NCCCNC(=O)CCCC1SC[C@@H]2NC(=O)N[C@H]12)CCC(=O)Nc1cccc(S(N)(=O)=NC(=O)Nc2c3c(cc4c2CCC4)CCC3)c1. The topological polar surface area (TPSA) is 235 Å². The first-order valence-electron chi connectivity index (χ1n) is 18.2. The molecular formula is C36H48N10O5S2. The summed E-state index contributed by atoms with van der Waals surface area (Å²) in [6.07, 6.45) is 10.3. The van der Waals surface area contributed by atoms with E-state index in [2.05, 4.69) is 47.1 Å². The maximum atomic E-state index is 13.4. The Morgan fingerprint density at radius 2 is 1.74 bits per heavy atom. The summed E-state index contributed by atoms with van der Waals surface area (Å²) in [5, 5.41) is 24.6. The maximum Gasteiger partial charge on any atom is 0.354 e. The normalized spacial score (nSPS) is 21.3. The summed E-state index contributed by atoms with van der Waals surface area (Å²) in [5.41, 5.74) is 6.37. The molecule has 6 rings (SSSR count). The Balaban J connectivity index is 0.899. The number of rotatable bonds is 15. The lowest BCUT2D eigenvalue weighted by Gasteiger charge is -2.16. The number of carbonyl (C=O) groups is 4. The van der Waals surface area contributed by atoms with E-state index in [1.54, 1.807) is 12.1 Å². The molecule has 6 amide bonds. The van der Waals surface area contributed by atoms with Crippen LogP contribution in [0, 0.1) is 0 Å². The number of aryl methyl sites for hydroxylation is 2. The number of thioether (sulfide) groups is 1. The molecule has 2 aromatic carbocycles. The molecule has 2 fully saturated rings. The number of nitrogens with one attached hydrogen (secondary N) is 5. The molecule has 4 atom stereocenters. The third-order valence-corrected chi connectivity index (χ3v) is 12.9. The molecule has 2 heterocycles. The molecule has 2 aromatic rings. The summed E-state index contributed by atoms with van der Waals surface area (Å²) in [6, 6.07) is 7.90. The van der Waals surface area contributed by atoms with Crippen molar-refractivity contribution in [3.05, 3.63) is 52.6 Å². The van der Waals surface area contributed by atoms with E-state index < -0.39 is 15.9 Å². The molecule has 4 aliphatic rings. The number of nitrogens with zero attached hydrogens (tertiary/aromatic N) is 3. The summed E-state index contributed by atoms with van der Waals surface area (Å²) in [6.45, 7) is 0.934. The number of hydrogen-bond donors (Lipinski definition) is 7. The van der Waals surface area contributed by atoms with Crippen molar-refractivity contribution in [3.8, 4) is 0 Å². The molecule has 15 nitrogen and oxygen atoms in total. The van der Waals surface area contributed by atoms with Crippen LogP contribution in [0.1, 0.15) is 73.6 Å². The number of carbonyl (C=O) groups excluding carboxylic acids is 4. The summed E-state index contributed by atoms with van der Waals surface area (Å²) in [4.78, 5) is 54.0. The highest BCUT2D eigenvalue weighted by Gasteiger charge is 2.42. The molecule has 53 heavy (non-hydrogen) atoms. The van der Waals surface area contributed by atoms with E-state index in [1.807, 2.05) is 11.8 Å². The van der Waals surface area contributed by atoms with Crippen molar-refractivity contribution in [3.63, 3.8) is 0 Å². The van der Waals surface area contributed by atoms with Gasteiger partial charge in [-0.1, -0.05) is 12.1 Å². The van der Waals surface area contributed by atoms with Crippen LogP contribution in [0.3, 0.4) is 0 Å². The number of hydrogen-bond acceptors (Lipinski definition) is 9. The maximum absolute atomic E-state index is 13.4. The lowest BCUT2D eigenvalue weighted by molar-refractivity contribution is -0.121. The standard InChI is InChI=1S/C36H48N10O5S2/c37-45-25(20-39-16-5-17-40-31(47)13-4-12-30-34-29(21-52-30)42-35(49)44-34)14-15-32(48)41-24-8-3-9-26(19-24)53(38,51)46-36(50)43-33-27-10-1-6-22(27)18-23-7-2-11-28(23)33/h3,8-9,18-20,29-30,34H,1-2,4-7,10-17,21,37H2,(H,40,47)(H,41,48)(H2,42,44,49)(H3,38,43,46,50,51)/b39-20?,45-25-/t29-,30?,34-,53?/m0/s1. The number of aliphatic imine (C=N–C) groups is 1. The quantitative estimate of drug-likeness (QED) is 0.0468. The van der Waals surface area contributed by atoms with Crippen molar-refractivity contribution in [2.45, 2.75) is 99.3 Å². The Labute approximate surface area is 314 Å². The van der Waals surface area contributed by atoms with Gasteiger partial charge in [-0.25, -0.2) is 18.9 Å². The fourth-order valence-electron chi connectivity index (χ4n) is 7.42. The van der Waals surface area contributed by atoms with Gasteiger partial charge in [0.1, 0.15) is 9.92 Å². The number of nitrogens with two attached hydrogens (primary N) is 2. The minimum Gasteiger partial charge on any atom is -0.356 e. The highest BCUT2D eigenvalue weighted by Crippen LogP contribution is 2.39. The Bertz CT molecular complexity index is 1890. The van der Waals surface area contributed by atoms with E-state index in [1.165, 1.54) is 29.5 Å². The van der Waals surface area contributed by atoms with Gasteiger partial charge in [0.05, 0.1) is 22.7 Å². The van der Waals surface area contributed by atoms with Gasteiger partial charge in [0.15, 0.2) is 0 Å². The van der Waals surface area contributed by atoms with Crippen LogP contribution in [-0.2, 0) is 45.2 Å². The Morgan fingerprint density at radius 3 is 2.49 bits per heavy atom. The van der Waals surface area contributed by atoms with Crippen molar-refractivity contribution in [1.29, 1.82) is 0 Å². The van der Waals surface area contributed by atoms with Gasteiger partial charge in [-0.3, -0.25) is 14.6 Å². The lowest BCUT2D eigenvalue weighted by atomic mass is 9.99. The average Bonchev–Trinajstić information content (AvgIpc) is 3.93. The van der Waals surface area contributed by atoms with Gasteiger partial charge in [0.2, 0.25) is 11.8 Å². The van der Waals surface area contributed by atoms with Gasteiger partial charge < -0.3 is 32.4 Å². The lowest BCUT2D eigenvalue weighted by Crippen LogP contribution is -2.37. The zero-order chi connectivity index (χ0) is 37.4. The van der Waals surface area contributed by atoms with E-state index in [4.69, 9.17) is 11.0 Å². The van der Waals surface area contributed by atoms with Crippen LogP contribution in [-0.4, -0.2) is 76.2 Å². The molecule has 0 spiro atoms. The molecule has 17 heteroatoms. The first kappa shape index (κ1) is 38.3. The molecule has 0 radical (unpaired) electrons. The fraction of sp³-hybridized carbons (Fsp3) is 0.500. The third kappa shape index (κ3) is 9.94. The van der Waals surface area contributed by atoms with Crippen LogP contribution in [0.15, 0.2) is 49.7 Å². The molecule has 2 unspecified atom stereocenters. The van der Waals surface area contributed by atoms with Gasteiger partial charge in [0, 0.05) is 60.9 Å². The zero-order valence-electron chi connectivity index (χ0n) is 29.7.